The van der Waals surface area contributed by atoms with Gasteiger partial charge in [0.15, 0.2) is 0 Å². The first-order valence-electron chi connectivity index (χ1n) is 10.2. The second kappa shape index (κ2) is 12.3. The van der Waals surface area contributed by atoms with Crippen LogP contribution in [0.15, 0.2) is 29.8 Å². The summed E-state index contributed by atoms with van der Waals surface area (Å²) in [6, 6.07) is 5.87. The molecular weight excluding hydrogens is 418 g/mol. The summed E-state index contributed by atoms with van der Waals surface area (Å²) in [5.41, 5.74) is 11.0. The van der Waals surface area contributed by atoms with Gasteiger partial charge in [0.05, 0.1) is 32.4 Å². The number of nitrogen functional groups attached to an aromatic ring is 1. The lowest BCUT2D eigenvalue weighted by atomic mass is 10.0. The van der Waals surface area contributed by atoms with Crippen molar-refractivity contribution in [3.05, 3.63) is 41.0 Å². The summed E-state index contributed by atoms with van der Waals surface area (Å²) in [5.74, 6) is -1.10. The number of methoxy groups -OCH3 is 1. The van der Waals surface area contributed by atoms with Crippen molar-refractivity contribution in [1.82, 2.24) is 16.1 Å². The van der Waals surface area contributed by atoms with E-state index in [4.69, 9.17) is 20.7 Å². The topological polar surface area (TPSA) is 165 Å². The average molecular weight is 447 g/mol. The predicted octanol–water partition coefficient (Wildman–Crippen LogP) is 0.791. The van der Waals surface area contributed by atoms with Crippen LogP contribution in [-0.4, -0.2) is 56.7 Å². The van der Waals surface area contributed by atoms with Crippen LogP contribution in [0.4, 0.5) is 4.79 Å². The zero-order valence-electron chi connectivity index (χ0n) is 18.2. The second-order valence-electron chi connectivity index (χ2n) is 7.05. The van der Waals surface area contributed by atoms with Crippen molar-refractivity contribution < 1.29 is 28.7 Å². The number of nitrogens with two attached hydrogens (primary N) is 1. The Balaban J connectivity index is 1.96. The molecule has 32 heavy (non-hydrogen) atoms. The number of carbonyl (C=O) groups is 3. The van der Waals surface area contributed by atoms with Crippen LogP contribution in [-0.2, 0) is 23.9 Å². The second-order valence-corrected chi connectivity index (χ2v) is 7.05. The van der Waals surface area contributed by atoms with Gasteiger partial charge in [-0.1, -0.05) is 37.6 Å². The number of hydrogen-bond donors (Lipinski definition) is 5. The van der Waals surface area contributed by atoms with Crippen molar-refractivity contribution in [3.8, 4) is 0 Å². The molecule has 0 saturated heterocycles. The van der Waals surface area contributed by atoms with Crippen molar-refractivity contribution in [3.63, 3.8) is 0 Å². The van der Waals surface area contributed by atoms with Gasteiger partial charge in [-0.05, 0) is 17.6 Å². The van der Waals surface area contributed by atoms with Gasteiger partial charge in [-0.15, -0.1) is 0 Å². The Morgan fingerprint density at radius 1 is 1.28 bits per heavy atom. The molecule has 2 rings (SSSR count). The van der Waals surface area contributed by atoms with E-state index >= 15 is 0 Å². The lowest BCUT2D eigenvalue weighted by Crippen LogP contribution is -2.49. The SMILES string of the molecule is CCCCOC(=O)N[C@H](CNC(=O)CC1=C(c2ccc(C(=N)N)cc2)NOC1)C(=O)OC. The van der Waals surface area contributed by atoms with E-state index in [0.29, 0.717) is 23.3 Å². The quantitative estimate of drug-likeness (QED) is 0.144. The maximum atomic E-state index is 12.5. The van der Waals surface area contributed by atoms with Crippen molar-refractivity contribution in [2.24, 2.45) is 5.73 Å². The highest BCUT2D eigenvalue weighted by Crippen LogP contribution is 2.23. The van der Waals surface area contributed by atoms with Crippen LogP contribution in [0.5, 0.6) is 0 Å². The van der Waals surface area contributed by atoms with Gasteiger partial charge in [0, 0.05) is 12.1 Å². The summed E-state index contributed by atoms with van der Waals surface area (Å²) in [5, 5.41) is 12.5. The molecule has 6 N–H and O–H groups in total. The monoisotopic (exact) mass is 447 g/mol. The maximum absolute atomic E-state index is 12.5. The molecule has 0 unspecified atom stereocenters. The normalized spacial score (nSPS) is 13.7. The number of rotatable bonds is 11. The Hall–Kier alpha value is -3.60. The summed E-state index contributed by atoms with van der Waals surface area (Å²) in [4.78, 5) is 41.5. The van der Waals surface area contributed by atoms with E-state index in [9.17, 15) is 14.4 Å². The molecule has 0 radical (unpaired) electrons. The van der Waals surface area contributed by atoms with Crippen molar-refractivity contribution in [1.29, 1.82) is 5.41 Å². The lowest BCUT2D eigenvalue weighted by molar-refractivity contribution is -0.142. The number of hydrogen-bond acceptors (Lipinski definition) is 8. The maximum Gasteiger partial charge on any atom is 0.407 e. The number of unbranched alkanes of at least 4 members (excludes halogenated alkanes) is 1. The van der Waals surface area contributed by atoms with Crippen LogP contribution in [0.25, 0.3) is 5.70 Å². The summed E-state index contributed by atoms with van der Waals surface area (Å²) < 4.78 is 9.67. The fraction of sp³-hybridized carbons (Fsp3) is 0.429. The Morgan fingerprint density at radius 3 is 2.62 bits per heavy atom. The first-order chi connectivity index (χ1) is 15.3. The summed E-state index contributed by atoms with van der Waals surface area (Å²) in [7, 11) is 1.19. The van der Waals surface area contributed by atoms with E-state index in [1.165, 1.54) is 7.11 Å². The fourth-order valence-electron chi connectivity index (χ4n) is 2.86. The van der Waals surface area contributed by atoms with E-state index in [0.717, 1.165) is 12.0 Å². The van der Waals surface area contributed by atoms with Gasteiger partial charge in [0.2, 0.25) is 5.91 Å². The Bertz CT molecular complexity index is 868. The number of nitrogens with one attached hydrogen (secondary N) is 4. The van der Waals surface area contributed by atoms with Crippen molar-refractivity contribution in [2.45, 2.75) is 32.2 Å². The third-order valence-electron chi connectivity index (χ3n) is 4.64. The molecule has 0 aromatic heterocycles. The molecule has 11 heteroatoms. The molecule has 1 heterocycles. The molecule has 0 fully saturated rings. The molecule has 0 aliphatic carbocycles. The molecule has 1 aliphatic rings. The molecule has 11 nitrogen and oxygen atoms in total. The number of esters is 1. The van der Waals surface area contributed by atoms with E-state index in [1.54, 1.807) is 24.3 Å². The minimum atomic E-state index is -1.08. The molecular formula is C21H29N5O6. The van der Waals surface area contributed by atoms with Crippen LogP contribution in [0.3, 0.4) is 0 Å². The van der Waals surface area contributed by atoms with Crippen LogP contribution < -0.4 is 21.8 Å². The first-order valence-corrected chi connectivity index (χ1v) is 10.2. The number of amides is 2. The van der Waals surface area contributed by atoms with Gasteiger partial charge < -0.3 is 25.8 Å². The van der Waals surface area contributed by atoms with Gasteiger partial charge in [0.25, 0.3) is 0 Å². The minimum Gasteiger partial charge on any atom is -0.467 e. The molecule has 1 atom stereocenters. The van der Waals surface area contributed by atoms with E-state index in [2.05, 4.69) is 20.9 Å². The zero-order valence-corrected chi connectivity index (χ0v) is 18.2. The third kappa shape index (κ3) is 7.27. The molecule has 0 saturated carbocycles. The zero-order chi connectivity index (χ0) is 23.5. The first kappa shape index (κ1) is 24.7. The summed E-state index contributed by atoms with van der Waals surface area (Å²) in [6.07, 6.45) is 0.834. The standard InChI is InChI=1S/C21H29N5O6/c1-3-4-9-31-21(29)25-16(20(28)30-2)11-24-17(27)10-15-12-32-26-18(15)13-5-7-14(8-6-13)19(22)23/h5-8,16,26H,3-4,9-12H2,1-2H3,(H3,22,23)(H,24,27)(H,25,29)/t16-/m1/s1. The molecule has 0 spiro atoms. The number of hydroxylamine groups is 1. The highest BCUT2D eigenvalue weighted by Gasteiger charge is 2.24. The molecule has 2 amide bonds. The van der Waals surface area contributed by atoms with Crippen LogP contribution >= 0.6 is 0 Å². The van der Waals surface area contributed by atoms with E-state index in [-0.39, 0.29) is 37.9 Å². The van der Waals surface area contributed by atoms with Gasteiger partial charge in [-0.3, -0.25) is 20.5 Å². The Morgan fingerprint density at radius 2 is 2.00 bits per heavy atom. The molecule has 1 aromatic carbocycles. The van der Waals surface area contributed by atoms with Gasteiger partial charge in [-0.2, -0.15) is 0 Å². The van der Waals surface area contributed by atoms with Crippen molar-refractivity contribution in [2.75, 3.05) is 26.9 Å². The van der Waals surface area contributed by atoms with Crippen LogP contribution in [0.1, 0.15) is 37.3 Å². The minimum absolute atomic E-state index is 0.0195. The molecule has 174 valence electrons. The van der Waals surface area contributed by atoms with Gasteiger partial charge >= 0.3 is 12.1 Å². The number of alkyl carbamates (subject to hydrolysis) is 1. The van der Waals surface area contributed by atoms with Crippen LogP contribution in [0, 0.1) is 5.41 Å². The largest absolute Gasteiger partial charge is 0.467 e. The molecule has 1 aliphatic heterocycles. The van der Waals surface area contributed by atoms with Crippen molar-refractivity contribution >= 4 is 29.5 Å². The number of carbonyl (C=O) groups excluding carboxylic acids is 3. The molecule has 0 bridgehead atoms. The number of ether oxygens (including phenoxy) is 2. The number of amidine groups is 1. The van der Waals surface area contributed by atoms with Gasteiger partial charge in [-0.25, -0.2) is 9.59 Å². The third-order valence-corrected chi connectivity index (χ3v) is 4.64. The fourth-order valence-corrected chi connectivity index (χ4v) is 2.86. The lowest BCUT2D eigenvalue weighted by Gasteiger charge is -2.17. The smallest absolute Gasteiger partial charge is 0.407 e. The predicted molar refractivity (Wildman–Crippen MR) is 116 cm³/mol. The average Bonchev–Trinajstić information content (AvgIpc) is 3.24. The Kier molecular flexibility index (Phi) is 9.48. The van der Waals surface area contributed by atoms with E-state index < -0.39 is 18.1 Å². The van der Waals surface area contributed by atoms with Gasteiger partial charge in [0.1, 0.15) is 11.9 Å². The Labute approximate surface area is 186 Å². The van der Waals surface area contributed by atoms with E-state index in [1.807, 2.05) is 6.92 Å². The highest BCUT2D eigenvalue weighted by atomic mass is 16.6. The number of benzene rings is 1. The van der Waals surface area contributed by atoms with Crippen LogP contribution in [0.2, 0.25) is 0 Å². The summed E-state index contributed by atoms with van der Waals surface area (Å²) >= 11 is 0. The summed E-state index contributed by atoms with van der Waals surface area (Å²) in [6.45, 7) is 2.25. The highest BCUT2D eigenvalue weighted by molar-refractivity contribution is 5.95. The molecule has 1 aromatic rings.